The van der Waals surface area contributed by atoms with Crippen LogP contribution in [0.1, 0.15) is 18.9 Å². The SMILES string of the molecule is COCCC(C)(O)CNCc1ccc(Cl)c2cccnc12. The van der Waals surface area contributed by atoms with Crippen LogP contribution in [0, 0.1) is 0 Å². The highest BCUT2D eigenvalue weighted by atomic mass is 35.5. The van der Waals surface area contributed by atoms with E-state index < -0.39 is 5.60 Å². The molecule has 0 radical (unpaired) electrons. The minimum atomic E-state index is -0.786. The van der Waals surface area contributed by atoms with Crippen molar-refractivity contribution in [3.8, 4) is 0 Å². The summed E-state index contributed by atoms with van der Waals surface area (Å²) in [5, 5.41) is 15.1. The molecule has 0 spiro atoms. The van der Waals surface area contributed by atoms with Crippen molar-refractivity contribution in [1.29, 1.82) is 0 Å². The van der Waals surface area contributed by atoms with E-state index in [1.165, 1.54) is 0 Å². The summed E-state index contributed by atoms with van der Waals surface area (Å²) in [5.74, 6) is 0. The number of nitrogens with one attached hydrogen (secondary N) is 1. The first-order valence-electron chi connectivity index (χ1n) is 6.98. The van der Waals surface area contributed by atoms with Crippen LogP contribution in [0.4, 0.5) is 0 Å². The standard InChI is InChI=1S/C16H21ClN2O2/c1-16(20,7-9-21-2)11-18-10-12-5-6-14(17)13-4-3-8-19-15(12)13/h3-6,8,18,20H,7,9-11H2,1-2H3. The summed E-state index contributed by atoms with van der Waals surface area (Å²) in [6.07, 6.45) is 2.35. The number of hydrogen-bond acceptors (Lipinski definition) is 4. The maximum absolute atomic E-state index is 10.2. The van der Waals surface area contributed by atoms with Crippen LogP contribution in [0.3, 0.4) is 0 Å². The number of pyridine rings is 1. The topological polar surface area (TPSA) is 54.4 Å². The Labute approximate surface area is 130 Å². The van der Waals surface area contributed by atoms with Crippen molar-refractivity contribution < 1.29 is 9.84 Å². The van der Waals surface area contributed by atoms with E-state index in [1.54, 1.807) is 20.2 Å². The Morgan fingerprint density at radius 2 is 2.19 bits per heavy atom. The van der Waals surface area contributed by atoms with Crippen molar-refractivity contribution in [3.63, 3.8) is 0 Å². The molecule has 0 amide bonds. The molecule has 0 saturated heterocycles. The Morgan fingerprint density at radius 3 is 2.95 bits per heavy atom. The number of rotatable bonds is 7. The maximum Gasteiger partial charge on any atom is 0.0765 e. The number of halogens is 1. The van der Waals surface area contributed by atoms with Gasteiger partial charge in [0, 0.05) is 49.8 Å². The third-order valence-electron chi connectivity index (χ3n) is 3.47. The van der Waals surface area contributed by atoms with E-state index in [0.717, 1.165) is 16.5 Å². The fourth-order valence-electron chi connectivity index (χ4n) is 2.22. The van der Waals surface area contributed by atoms with E-state index in [9.17, 15) is 5.11 Å². The van der Waals surface area contributed by atoms with Crippen LogP contribution in [0.2, 0.25) is 5.02 Å². The van der Waals surface area contributed by atoms with Crippen molar-refractivity contribution in [2.45, 2.75) is 25.5 Å². The molecular formula is C16H21ClN2O2. The van der Waals surface area contributed by atoms with E-state index in [4.69, 9.17) is 16.3 Å². The summed E-state index contributed by atoms with van der Waals surface area (Å²) < 4.78 is 5.00. The lowest BCUT2D eigenvalue weighted by molar-refractivity contribution is 0.0247. The van der Waals surface area contributed by atoms with E-state index in [1.807, 2.05) is 24.3 Å². The number of aromatic nitrogens is 1. The van der Waals surface area contributed by atoms with Gasteiger partial charge in [0.2, 0.25) is 0 Å². The van der Waals surface area contributed by atoms with E-state index in [2.05, 4.69) is 10.3 Å². The number of benzene rings is 1. The molecule has 1 heterocycles. The second-order valence-electron chi connectivity index (χ2n) is 5.45. The van der Waals surface area contributed by atoms with Crippen molar-refractivity contribution in [2.75, 3.05) is 20.3 Å². The van der Waals surface area contributed by atoms with Gasteiger partial charge in [-0.3, -0.25) is 4.98 Å². The Bertz CT molecular complexity index is 602. The first kappa shape index (κ1) is 16.2. The monoisotopic (exact) mass is 308 g/mol. The molecule has 0 aliphatic rings. The molecule has 1 aromatic carbocycles. The van der Waals surface area contributed by atoms with Gasteiger partial charge < -0.3 is 15.2 Å². The van der Waals surface area contributed by atoms with Gasteiger partial charge in [0.1, 0.15) is 0 Å². The van der Waals surface area contributed by atoms with Crippen LogP contribution in [-0.2, 0) is 11.3 Å². The van der Waals surface area contributed by atoms with Gasteiger partial charge in [0.15, 0.2) is 0 Å². The van der Waals surface area contributed by atoms with Gasteiger partial charge in [-0.25, -0.2) is 0 Å². The molecule has 2 rings (SSSR count). The summed E-state index contributed by atoms with van der Waals surface area (Å²) in [5.41, 5.74) is 1.18. The quantitative estimate of drug-likeness (QED) is 0.826. The highest BCUT2D eigenvalue weighted by Gasteiger charge is 2.19. The van der Waals surface area contributed by atoms with Crippen LogP contribution in [-0.4, -0.2) is 36.0 Å². The number of fused-ring (bicyclic) bond motifs is 1. The highest BCUT2D eigenvalue weighted by molar-refractivity contribution is 6.35. The molecular weight excluding hydrogens is 288 g/mol. The molecule has 0 fully saturated rings. The van der Waals surface area contributed by atoms with Gasteiger partial charge in [0.05, 0.1) is 11.1 Å². The van der Waals surface area contributed by atoms with Crippen molar-refractivity contribution in [3.05, 3.63) is 41.0 Å². The number of hydrogen-bond donors (Lipinski definition) is 2. The Kier molecular flexibility index (Phi) is 5.53. The predicted octanol–water partition coefficient (Wildman–Crippen LogP) is 2.77. The van der Waals surface area contributed by atoms with Gasteiger partial charge in [-0.15, -0.1) is 0 Å². The maximum atomic E-state index is 10.2. The molecule has 1 aromatic heterocycles. The molecule has 0 aliphatic carbocycles. The van der Waals surface area contributed by atoms with E-state index in [-0.39, 0.29) is 0 Å². The van der Waals surface area contributed by atoms with Crippen LogP contribution < -0.4 is 5.32 Å². The van der Waals surface area contributed by atoms with Gasteiger partial charge in [-0.2, -0.15) is 0 Å². The lowest BCUT2D eigenvalue weighted by Crippen LogP contribution is -2.38. The third kappa shape index (κ3) is 4.38. The minimum Gasteiger partial charge on any atom is -0.389 e. The Morgan fingerprint density at radius 1 is 1.38 bits per heavy atom. The molecule has 21 heavy (non-hydrogen) atoms. The first-order valence-corrected chi connectivity index (χ1v) is 7.35. The second kappa shape index (κ2) is 7.18. The first-order chi connectivity index (χ1) is 10.0. The summed E-state index contributed by atoms with van der Waals surface area (Å²) in [7, 11) is 1.63. The van der Waals surface area contributed by atoms with Gasteiger partial charge in [-0.1, -0.05) is 17.7 Å². The average Bonchev–Trinajstić information content (AvgIpc) is 2.48. The van der Waals surface area contributed by atoms with Crippen LogP contribution in [0.5, 0.6) is 0 Å². The van der Waals surface area contributed by atoms with Gasteiger partial charge in [-0.05, 0) is 30.7 Å². The number of ether oxygens (including phenoxy) is 1. The molecule has 0 aliphatic heterocycles. The molecule has 114 valence electrons. The lowest BCUT2D eigenvalue weighted by atomic mass is 10.0. The largest absolute Gasteiger partial charge is 0.389 e. The van der Waals surface area contributed by atoms with Gasteiger partial charge in [0.25, 0.3) is 0 Å². The molecule has 2 N–H and O–H groups in total. The van der Waals surface area contributed by atoms with Crippen molar-refractivity contribution in [1.82, 2.24) is 10.3 Å². The third-order valence-corrected chi connectivity index (χ3v) is 3.80. The molecule has 0 saturated carbocycles. The highest BCUT2D eigenvalue weighted by Crippen LogP contribution is 2.24. The molecule has 2 aromatic rings. The Hall–Kier alpha value is -1.20. The minimum absolute atomic E-state index is 0.493. The fourth-order valence-corrected chi connectivity index (χ4v) is 2.43. The smallest absolute Gasteiger partial charge is 0.0765 e. The molecule has 1 unspecified atom stereocenters. The van der Waals surface area contributed by atoms with E-state index >= 15 is 0 Å². The Balaban J connectivity index is 2.03. The summed E-state index contributed by atoms with van der Waals surface area (Å²) >= 11 is 6.18. The summed E-state index contributed by atoms with van der Waals surface area (Å²) in [6.45, 7) is 3.47. The van der Waals surface area contributed by atoms with Crippen LogP contribution in [0.25, 0.3) is 10.9 Å². The van der Waals surface area contributed by atoms with Crippen LogP contribution in [0.15, 0.2) is 30.5 Å². The average molecular weight is 309 g/mol. The predicted molar refractivity (Wildman–Crippen MR) is 85.6 cm³/mol. The number of nitrogens with zero attached hydrogens (tertiary/aromatic N) is 1. The van der Waals surface area contributed by atoms with Gasteiger partial charge >= 0.3 is 0 Å². The zero-order valence-corrected chi connectivity index (χ0v) is 13.2. The van der Waals surface area contributed by atoms with Crippen LogP contribution >= 0.6 is 11.6 Å². The fraction of sp³-hybridized carbons (Fsp3) is 0.438. The zero-order chi connectivity index (χ0) is 15.3. The zero-order valence-electron chi connectivity index (χ0n) is 12.4. The molecule has 0 bridgehead atoms. The number of methoxy groups -OCH3 is 1. The van der Waals surface area contributed by atoms with E-state index in [0.29, 0.717) is 31.1 Å². The normalized spacial score (nSPS) is 14.3. The molecule has 4 nitrogen and oxygen atoms in total. The van der Waals surface area contributed by atoms with Crippen molar-refractivity contribution in [2.24, 2.45) is 0 Å². The number of aliphatic hydroxyl groups is 1. The molecule has 1 atom stereocenters. The summed E-state index contributed by atoms with van der Waals surface area (Å²) in [4.78, 5) is 4.40. The van der Waals surface area contributed by atoms with Crippen molar-refractivity contribution >= 4 is 22.5 Å². The summed E-state index contributed by atoms with van der Waals surface area (Å²) in [6, 6.07) is 7.68. The molecule has 5 heteroatoms. The second-order valence-corrected chi connectivity index (χ2v) is 5.86. The lowest BCUT2D eigenvalue weighted by Gasteiger charge is -2.23.